The molecule has 0 aromatic carbocycles. The van der Waals surface area contributed by atoms with Crippen molar-refractivity contribution in [3.63, 3.8) is 0 Å². The summed E-state index contributed by atoms with van der Waals surface area (Å²) in [5, 5.41) is 3.31. The van der Waals surface area contributed by atoms with Crippen LogP contribution in [0.3, 0.4) is 0 Å². The SMILES string of the molecule is CCCN(CC1CCCN1)S(=O)(=O)CCC(=O)OCC. The van der Waals surface area contributed by atoms with E-state index in [2.05, 4.69) is 5.32 Å². The predicted molar refractivity (Wildman–Crippen MR) is 77.9 cm³/mol. The van der Waals surface area contributed by atoms with Gasteiger partial charge in [-0.25, -0.2) is 12.7 Å². The van der Waals surface area contributed by atoms with Crippen molar-refractivity contribution in [1.82, 2.24) is 9.62 Å². The number of rotatable bonds is 9. The number of esters is 1. The predicted octanol–water partition coefficient (Wildman–Crippen LogP) is 0.733. The first-order chi connectivity index (χ1) is 9.49. The van der Waals surface area contributed by atoms with Gasteiger partial charge in [-0.2, -0.15) is 0 Å². The van der Waals surface area contributed by atoms with E-state index < -0.39 is 16.0 Å². The van der Waals surface area contributed by atoms with E-state index in [9.17, 15) is 13.2 Å². The normalized spacial score (nSPS) is 19.4. The highest BCUT2D eigenvalue weighted by molar-refractivity contribution is 7.89. The van der Waals surface area contributed by atoms with Crippen molar-refractivity contribution >= 4 is 16.0 Å². The third kappa shape index (κ3) is 5.76. The van der Waals surface area contributed by atoms with E-state index in [1.54, 1.807) is 6.92 Å². The molecule has 1 rings (SSSR count). The average molecular weight is 306 g/mol. The molecule has 1 unspecified atom stereocenters. The largest absolute Gasteiger partial charge is 0.466 e. The number of carbonyl (C=O) groups is 1. The van der Waals surface area contributed by atoms with Crippen LogP contribution in [0.2, 0.25) is 0 Å². The number of sulfonamides is 1. The maximum atomic E-state index is 12.3. The Balaban J connectivity index is 2.55. The number of hydrogen-bond acceptors (Lipinski definition) is 5. The quantitative estimate of drug-likeness (QED) is 0.636. The summed E-state index contributed by atoms with van der Waals surface area (Å²) in [4.78, 5) is 11.3. The number of ether oxygens (including phenoxy) is 1. The van der Waals surface area contributed by atoms with Gasteiger partial charge in [0.2, 0.25) is 10.0 Å². The molecule has 6 nitrogen and oxygen atoms in total. The third-order valence-corrected chi connectivity index (χ3v) is 5.16. The highest BCUT2D eigenvalue weighted by atomic mass is 32.2. The number of nitrogens with zero attached hydrogens (tertiary/aromatic N) is 1. The Morgan fingerprint density at radius 2 is 2.15 bits per heavy atom. The van der Waals surface area contributed by atoms with E-state index in [0.29, 0.717) is 13.1 Å². The van der Waals surface area contributed by atoms with E-state index in [1.165, 1.54) is 4.31 Å². The van der Waals surface area contributed by atoms with Crippen LogP contribution in [-0.4, -0.2) is 56.7 Å². The lowest BCUT2D eigenvalue weighted by Gasteiger charge is -2.24. The van der Waals surface area contributed by atoms with Gasteiger partial charge in [-0.3, -0.25) is 4.79 Å². The first-order valence-electron chi connectivity index (χ1n) is 7.36. The molecule has 0 aromatic rings. The Kier molecular flexibility index (Phi) is 7.47. The summed E-state index contributed by atoms with van der Waals surface area (Å²) in [6, 6.07) is 0.235. The molecule has 1 atom stereocenters. The summed E-state index contributed by atoms with van der Waals surface area (Å²) in [5.74, 6) is -0.620. The lowest BCUT2D eigenvalue weighted by Crippen LogP contribution is -2.42. The molecule has 1 aliphatic rings. The highest BCUT2D eigenvalue weighted by Crippen LogP contribution is 2.12. The van der Waals surface area contributed by atoms with E-state index in [4.69, 9.17) is 4.74 Å². The molecule has 0 saturated carbocycles. The van der Waals surface area contributed by atoms with Gasteiger partial charge in [0.15, 0.2) is 0 Å². The molecule has 0 bridgehead atoms. The van der Waals surface area contributed by atoms with Crippen LogP contribution < -0.4 is 5.32 Å². The second-order valence-electron chi connectivity index (χ2n) is 5.02. The molecule has 7 heteroatoms. The summed E-state index contributed by atoms with van der Waals surface area (Å²) in [6.07, 6.45) is 2.79. The van der Waals surface area contributed by atoms with Crippen molar-refractivity contribution in [2.75, 3.05) is 32.0 Å². The Bertz CT molecular complexity index is 391. The second-order valence-corrected chi connectivity index (χ2v) is 7.11. The minimum atomic E-state index is -3.39. The molecule has 0 spiro atoms. The lowest BCUT2D eigenvalue weighted by molar-refractivity contribution is -0.142. The lowest BCUT2D eigenvalue weighted by atomic mass is 10.2. The summed E-state index contributed by atoms with van der Waals surface area (Å²) in [6.45, 7) is 5.90. The molecule has 0 aliphatic carbocycles. The standard InChI is InChI=1S/C13H26N2O4S/c1-3-9-15(11-12-6-5-8-14-12)20(17,18)10-7-13(16)19-4-2/h12,14H,3-11H2,1-2H3. The van der Waals surface area contributed by atoms with Gasteiger partial charge in [-0.1, -0.05) is 6.92 Å². The Morgan fingerprint density at radius 3 is 2.70 bits per heavy atom. The fraction of sp³-hybridized carbons (Fsp3) is 0.923. The molecule has 1 heterocycles. The molecule has 118 valence electrons. The Labute approximate surface area is 121 Å². The molecular formula is C13H26N2O4S. The van der Waals surface area contributed by atoms with Gasteiger partial charge in [0.1, 0.15) is 0 Å². The Hall–Kier alpha value is -0.660. The minimum Gasteiger partial charge on any atom is -0.466 e. The second kappa shape index (κ2) is 8.59. The van der Waals surface area contributed by atoms with Crippen molar-refractivity contribution in [2.24, 2.45) is 0 Å². The Morgan fingerprint density at radius 1 is 1.40 bits per heavy atom. The third-order valence-electron chi connectivity index (χ3n) is 3.32. The number of carbonyl (C=O) groups excluding carboxylic acids is 1. The molecule has 0 radical (unpaired) electrons. The minimum absolute atomic E-state index is 0.0749. The van der Waals surface area contributed by atoms with Crippen molar-refractivity contribution in [3.05, 3.63) is 0 Å². The van der Waals surface area contributed by atoms with Crippen molar-refractivity contribution in [1.29, 1.82) is 0 Å². The van der Waals surface area contributed by atoms with Crippen molar-refractivity contribution < 1.29 is 17.9 Å². The maximum Gasteiger partial charge on any atom is 0.306 e. The molecule has 20 heavy (non-hydrogen) atoms. The van der Waals surface area contributed by atoms with Gasteiger partial charge < -0.3 is 10.1 Å². The van der Waals surface area contributed by atoms with Gasteiger partial charge >= 0.3 is 5.97 Å². The topological polar surface area (TPSA) is 75.7 Å². The van der Waals surface area contributed by atoms with Gasteiger partial charge in [-0.05, 0) is 32.7 Å². The number of hydrogen-bond donors (Lipinski definition) is 1. The van der Waals surface area contributed by atoms with Crippen LogP contribution in [-0.2, 0) is 19.6 Å². The van der Waals surface area contributed by atoms with Crippen LogP contribution in [0.1, 0.15) is 39.5 Å². The van der Waals surface area contributed by atoms with Crippen LogP contribution >= 0.6 is 0 Å². The zero-order valence-electron chi connectivity index (χ0n) is 12.4. The fourth-order valence-electron chi connectivity index (χ4n) is 2.33. The summed E-state index contributed by atoms with van der Waals surface area (Å²) < 4.78 is 30.9. The van der Waals surface area contributed by atoms with Crippen LogP contribution in [0.25, 0.3) is 0 Å². The molecule has 0 amide bonds. The maximum absolute atomic E-state index is 12.3. The van der Waals surface area contributed by atoms with Gasteiger partial charge in [0.25, 0.3) is 0 Å². The van der Waals surface area contributed by atoms with Crippen LogP contribution in [0.4, 0.5) is 0 Å². The molecule has 1 fully saturated rings. The summed E-state index contributed by atoms with van der Waals surface area (Å²) in [7, 11) is -3.39. The van der Waals surface area contributed by atoms with E-state index in [1.807, 2.05) is 6.92 Å². The van der Waals surface area contributed by atoms with E-state index in [-0.39, 0.29) is 24.8 Å². The van der Waals surface area contributed by atoms with Crippen LogP contribution in [0, 0.1) is 0 Å². The van der Waals surface area contributed by atoms with Crippen molar-refractivity contribution in [3.8, 4) is 0 Å². The fourth-order valence-corrected chi connectivity index (χ4v) is 3.88. The van der Waals surface area contributed by atoms with Gasteiger partial charge in [0.05, 0.1) is 18.8 Å². The highest BCUT2D eigenvalue weighted by Gasteiger charge is 2.26. The van der Waals surface area contributed by atoms with Gasteiger partial charge in [-0.15, -0.1) is 0 Å². The molecule has 0 aromatic heterocycles. The summed E-state index contributed by atoms with van der Waals surface area (Å²) >= 11 is 0. The zero-order chi connectivity index (χ0) is 15.0. The zero-order valence-corrected chi connectivity index (χ0v) is 13.2. The van der Waals surface area contributed by atoms with Crippen LogP contribution in [0.5, 0.6) is 0 Å². The van der Waals surface area contributed by atoms with E-state index in [0.717, 1.165) is 25.8 Å². The first kappa shape index (κ1) is 17.4. The smallest absolute Gasteiger partial charge is 0.306 e. The number of nitrogens with one attached hydrogen (secondary N) is 1. The molecular weight excluding hydrogens is 280 g/mol. The monoisotopic (exact) mass is 306 g/mol. The molecule has 1 N–H and O–H groups in total. The molecule has 1 saturated heterocycles. The van der Waals surface area contributed by atoms with E-state index >= 15 is 0 Å². The van der Waals surface area contributed by atoms with Gasteiger partial charge in [0, 0.05) is 19.1 Å². The summed E-state index contributed by atoms with van der Waals surface area (Å²) in [5.41, 5.74) is 0. The first-order valence-corrected chi connectivity index (χ1v) is 8.97. The van der Waals surface area contributed by atoms with Crippen molar-refractivity contribution in [2.45, 2.75) is 45.6 Å². The average Bonchev–Trinajstić information content (AvgIpc) is 2.89. The molecule has 1 aliphatic heterocycles. The van der Waals surface area contributed by atoms with Crippen LogP contribution in [0.15, 0.2) is 0 Å².